The minimum Gasteiger partial charge on any atom is -0.220 e. The third-order valence-corrected chi connectivity index (χ3v) is 5.87. The molecule has 0 unspecified atom stereocenters. The van der Waals surface area contributed by atoms with Gasteiger partial charge < -0.3 is 0 Å². The van der Waals surface area contributed by atoms with E-state index in [2.05, 4.69) is 17.2 Å². The molecule has 1 N–H and O–H groups in total. The van der Waals surface area contributed by atoms with Crippen molar-refractivity contribution in [2.75, 3.05) is 0 Å². The number of aryl methyl sites for hydroxylation is 1. The van der Waals surface area contributed by atoms with Crippen LogP contribution in [0, 0.1) is 0 Å². The van der Waals surface area contributed by atoms with Gasteiger partial charge in [0.2, 0.25) is 0 Å². The number of rotatable bonds is 5. The molecule has 2 rings (SSSR count). The lowest BCUT2D eigenvalue weighted by Crippen LogP contribution is -2.45. The maximum atomic E-state index is 11.5. The second-order valence-electron chi connectivity index (χ2n) is 5.22. The highest BCUT2D eigenvalue weighted by Crippen LogP contribution is 2.27. The van der Waals surface area contributed by atoms with Gasteiger partial charge in [-0.3, -0.25) is 0 Å². The van der Waals surface area contributed by atoms with Gasteiger partial charge in [-0.05, 0) is 18.6 Å². The van der Waals surface area contributed by atoms with Crippen molar-refractivity contribution >= 4 is 20.0 Å². The van der Waals surface area contributed by atoms with Gasteiger partial charge in [0.15, 0.2) is 0 Å². The fraction of sp³-hybridized carbons (Fsp3) is 0.385. The Kier molecular flexibility index (Phi) is 7.78. The topological polar surface area (TPSA) is 111 Å². The van der Waals surface area contributed by atoms with Gasteiger partial charge >= 0.3 is 31.1 Å². The van der Waals surface area contributed by atoms with E-state index in [1.165, 1.54) is 0 Å². The lowest BCUT2D eigenvalue weighted by Gasteiger charge is -2.11. The largest absolute Gasteiger partial charge is 0.512 e. The molecule has 0 saturated carbocycles. The number of alkyl halides is 6. The van der Waals surface area contributed by atoms with E-state index in [0.717, 1.165) is 24.2 Å². The number of benzene rings is 1. The Labute approximate surface area is 161 Å². The molecule has 1 heterocycles. The molecule has 0 aliphatic carbocycles. The first-order chi connectivity index (χ1) is 13.1. The minimum atomic E-state index is -6.60. The predicted molar refractivity (Wildman–Crippen MR) is 88.4 cm³/mol. The molecule has 0 radical (unpaired) electrons. The van der Waals surface area contributed by atoms with E-state index in [-0.39, 0.29) is 0 Å². The second kappa shape index (κ2) is 9.08. The lowest BCUT2D eigenvalue weighted by molar-refractivity contribution is -0.0476. The molecular formula is C13H14F6N4O4S2. The van der Waals surface area contributed by atoms with Gasteiger partial charge in [0, 0.05) is 0 Å². The van der Waals surface area contributed by atoms with Crippen molar-refractivity contribution in [3.8, 4) is 5.69 Å². The van der Waals surface area contributed by atoms with Crippen LogP contribution >= 0.6 is 0 Å². The van der Waals surface area contributed by atoms with E-state index < -0.39 is 35.2 Å². The van der Waals surface area contributed by atoms with Crippen LogP contribution in [0.5, 0.6) is 0 Å². The fourth-order valence-corrected chi connectivity index (χ4v) is 3.53. The molecule has 1 aromatic carbocycles. The van der Waals surface area contributed by atoms with Crippen LogP contribution in [0.2, 0.25) is 0 Å². The van der Waals surface area contributed by atoms with Crippen molar-refractivity contribution in [1.29, 1.82) is 0 Å². The standard InChI is InChI=1S/C11H13N3.C2HF6NO4S2/c1-2-6-10-9-14(13-12-10)11-7-4-3-5-8-11;3-1(4,5)14(10,11)9-15(12,13)2(6,7)8/h3-5,7-9H,2,6H2,1H3;9H. The summed E-state index contributed by atoms with van der Waals surface area (Å²) in [5, 5.41) is 8.17. The first-order valence-electron chi connectivity index (χ1n) is 7.48. The van der Waals surface area contributed by atoms with Crippen LogP contribution in [0.4, 0.5) is 26.3 Å². The Bertz CT molecular complexity index is 960. The van der Waals surface area contributed by atoms with Crippen LogP contribution in [0.3, 0.4) is 0 Å². The highest BCUT2D eigenvalue weighted by atomic mass is 32.3. The van der Waals surface area contributed by atoms with E-state index in [9.17, 15) is 43.2 Å². The van der Waals surface area contributed by atoms with Gasteiger partial charge in [0.1, 0.15) is 0 Å². The molecule has 0 fully saturated rings. The van der Waals surface area contributed by atoms with Crippen molar-refractivity contribution in [2.24, 2.45) is 0 Å². The summed E-state index contributed by atoms with van der Waals surface area (Å²) in [6.45, 7) is 2.14. The highest BCUT2D eigenvalue weighted by molar-refractivity contribution is 8.05. The molecule has 0 atom stereocenters. The molecule has 0 saturated heterocycles. The van der Waals surface area contributed by atoms with Crippen molar-refractivity contribution in [3.63, 3.8) is 0 Å². The number of sulfonamides is 2. The van der Waals surface area contributed by atoms with E-state index in [0.29, 0.717) is 0 Å². The Hall–Kier alpha value is -2.20. The van der Waals surface area contributed by atoms with Gasteiger partial charge in [0.25, 0.3) is 0 Å². The summed E-state index contributed by atoms with van der Waals surface area (Å²) in [7, 11) is -13.2. The molecule has 0 spiro atoms. The molecule has 29 heavy (non-hydrogen) atoms. The molecule has 0 aliphatic rings. The summed E-state index contributed by atoms with van der Waals surface area (Å²) in [6.07, 6.45) is 4.08. The van der Waals surface area contributed by atoms with E-state index in [1.54, 1.807) is 0 Å². The third kappa shape index (κ3) is 6.97. The van der Waals surface area contributed by atoms with Gasteiger partial charge in [-0.25, -0.2) is 21.5 Å². The molecule has 0 amide bonds. The number of nitrogens with one attached hydrogen (secondary N) is 1. The first kappa shape index (κ1) is 24.8. The molecule has 2 aromatic rings. The summed E-state index contributed by atoms with van der Waals surface area (Å²) in [5.74, 6) is 0. The normalized spacial score (nSPS) is 12.9. The lowest BCUT2D eigenvalue weighted by atomic mass is 10.3. The van der Waals surface area contributed by atoms with Crippen LogP contribution in [-0.2, 0) is 26.5 Å². The summed E-state index contributed by atoms with van der Waals surface area (Å²) in [4.78, 5) is 0. The maximum absolute atomic E-state index is 11.5. The molecular weight excluding hydrogens is 454 g/mol. The van der Waals surface area contributed by atoms with E-state index in [1.807, 2.05) is 41.2 Å². The number of hydrogen-bond donors (Lipinski definition) is 1. The summed E-state index contributed by atoms with van der Waals surface area (Å²) in [6, 6.07) is 10.0. The third-order valence-electron chi connectivity index (χ3n) is 2.90. The zero-order valence-electron chi connectivity index (χ0n) is 14.4. The molecule has 0 bridgehead atoms. The number of aromatic nitrogens is 3. The van der Waals surface area contributed by atoms with Crippen molar-refractivity contribution in [2.45, 2.75) is 30.8 Å². The quantitative estimate of drug-likeness (QED) is 0.675. The maximum Gasteiger partial charge on any atom is 0.512 e. The molecule has 1 aromatic heterocycles. The SMILES string of the molecule is CCCc1cn(-c2ccccc2)nn1.O=S(=O)(NS(=O)(=O)C(F)(F)F)C(F)(F)F. The Morgan fingerprint density at radius 2 is 1.41 bits per heavy atom. The van der Waals surface area contributed by atoms with Gasteiger partial charge in [-0.2, -0.15) is 26.3 Å². The van der Waals surface area contributed by atoms with Gasteiger partial charge in [-0.1, -0.05) is 40.9 Å². The van der Waals surface area contributed by atoms with Crippen molar-refractivity contribution < 1.29 is 43.2 Å². The Balaban J connectivity index is 0.000000290. The number of para-hydroxylation sites is 1. The van der Waals surface area contributed by atoms with E-state index >= 15 is 0 Å². The van der Waals surface area contributed by atoms with Crippen LogP contribution in [0.15, 0.2) is 36.5 Å². The van der Waals surface area contributed by atoms with Crippen LogP contribution in [0.1, 0.15) is 19.0 Å². The zero-order valence-corrected chi connectivity index (χ0v) is 16.1. The molecule has 16 heteroatoms. The molecule has 8 nitrogen and oxygen atoms in total. The second-order valence-corrected chi connectivity index (χ2v) is 8.83. The average molecular weight is 468 g/mol. The highest BCUT2D eigenvalue weighted by Gasteiger charge is 2.55. The van der Waals surface area contributed by atoms with Gasteiger partial charge in [-0.15, -0.1) is 5.10 Å². The minimum absolute atomic E-state index is 0.493. The zero-order chi connectivity index (χ0) is 22.5. The molecule has 164 valence electrons. The van der Waals surface area contributed by atoms with Crippen molar-refractivity contribution in [1.82, 2.24) is 19.1 Å². The van der Waals surface area contributed by atoms with Crippen molar-refractivity contribution in [3.05, 3.63) is 42.2 Å². The average Bonchev–Trinajstić information content (AvgIpc) is 3.02. The summed E-state index contributed by atoms with van der Waals surface area (Å²) in [5.41, 5.74) is -10.2. The number of nitrogens with zero attached hydrogens (tertiary/aromatic N) is 3. The predicted octanol–water partition coefficient (Wildman–Crippen LogP) is 2.50. The summed E-state index contributed by atoms with van der Waals surface area (Å²) >= 11 is 0. The van der Waals surface area contributed by atoms with Crippen LogP contribution in [0.25, 0.3) is 5.69 Å². The van der Waals surface area contributed by atoms with Crippen LogP contribution < -0.4 is 4.13 Å². The Morgan fingerprint density at radius 1 is 0.931 bits per heavy atom. The smallest absolute Gasteiger partial charge is 0.220 e. The fourth-order valence-electron chi connectivity index (χ4n) is 1.61. The van der Waals surface area contributed by atoms with E-state index in [4.69, 9.17) is 0 Å². The number of halogens is 6. The molecule has 0 aliphatic heterocycles. The summed E-state index contributed by atoms with van der Waals surface area (Å²) < 4.78 is 110. The first-order valence-corrected chi connectivity index (χ1v) is 10.4. The monoisotopic (exact) mass is 468 g/mol. The van der Waals surface area contributed by atoms with Crippen LogP contribution in [-0.4, -0.2) is 42.8 Å². The van der Waals surface area contributed by atoms with Gasteiger partial charge in [0.05, 0.1) is 17.6 Å². The Morgan fingerprint density at radius 3 is 1.83 bits per heavy atom. The number of hydrogen-bond acceptors (Lipinski definition) is 6.